The molecule has 2 heterocycles. The van der Waals surface area contributed by atoms with E-state index < -0.39 is 0 Å². The molecule has 1 atom stereocenters. The van der Waals surface area contributed by atoms with E-state index in [0.29, 0.717) is 30.0 Å². The lowest BCUT2D eigenvalue weighted by Gasteiger charge is -2.36. The molecule has 0 saturated carbocycles. The second-order valence-electron chi connectivity index (χ2n) is 8.49. The van der Waals surface area contributed by atoms with Gasteiger partial charge in [-0.15, -0.1) is 0 Å². The van der Waals surface area contributed by atoms with E-state index in [1.165, 1.54) is 22.6 Å². The molecule has 0 spiro atoms. The summed E-state index contributed by atoms with van der Waals surface area (Å²) in [5.74, 6) is 2.44. The summed E-state index contributed by atoms with van der Waals surface area (Å²) >= 11 is 0. The number of piperazine rings is 1. The molecule has 7 nitrogen and oxygen atoms in total. The number of nitrogens with one attached hydrogen (secondary N) is 2. The van der Waals surface area contributed by atoms with Crippen molar-refractivity contribution >= 4 is 5.91 Å². The van der Waals surface area contributed by atoms with Gasteiger partial charge in [0.25, 0.3) is 5.91 Å². The molecular formula is C23H39N3O4+2. The molecule has 2 saturated heterocycles. The van der Waals surface area contributed by atoms with Crippen LogP contribution in [0.5, 0.6) is 17.2 Å². The highest BCUT2D eigenvalue weighted by Crippen LogP contribution is 2.39. The summed E-state index contributed by atoms with van der Waals surface area (Å²) < 4.78 is 16.5. The molecule has 0 aliphatic carbocycles. The van der Waals surface area contributed by atoms with Crippen molar-refractivity contribution in [3.05, 3.63) is 17.7 Å². The summed E-state index contributed by atoms with van der Waals surface area (Å²) in [6, 6.07) is 4.46. The highest BCUT2D eigenvalue weighted by Gasteiger charge is 2.31. The van der Waals surface area contributed by atoms with E-state index in [-0.39, 0.29) is 0 Å². The van der Waals surface area contributed by atoms with Gasteiger partial charge < -0.3 is 28.9 Å². The Morgan fingerprint density at radius 3 is 2.33 bits per heavy atom. The van der Waals surface area contributed by atoms with Gasteiger partial charge in [0.1, 0.15) is 32.7 Å². The number of rotatable bonds is 8. The molecule has 0 aromatic heterocycles. The van der Waals surface area contributed by atoms with Crippen molar-refractivity contribution < 1.29 is 28.8 Å². The van der Waals surface area contributed by atoms with Gasteiger partial charge in [0.05, 0.1) is 26.9 Å². The van der Waals surface area contributed by atoms with Gasteiger partial charge in [-0.2, -0.15) is 0 Å². The third kappa shape index (κ3) is 5.19. The van der Waals surface area contributed by atoms with Crippen LogP contribution in [0.3, 0.4) is 0 Å². The number of carbonyl (C=O) groups excluding carboxylic acids is 1. The lowest BCUT2D eigenvalue weighted by Crippen LogP contribution is -3.28. The zero-order valence-corrected chi connectivity index (χ0v) is 19.1. The monoisotopic (exact) mass is 421 g/mol. The minimum Gasteiger partial charge on any atom is -0.493 e. The van der Waals surface area contributed by atoms with Crippen LogP contribution in [0, 0.1) is 0 Å². The Labute approximate surface area is 180 Å². The SMILES string of the molecule is CC[C@H]1CCCCN1C(=O)C[NH+]1CC[NH+](Cc2ccc(OC)c(OC)c2OC)CC1. The molecule has 7 heteroatoms. The average molecular weight is 422 g/mol. The van der Waals surface area contributed by atoms with E-state index in [4.69, 9.17) is 14.2 Å². The molecule has 2 aliphatic rings. The van der Waals surface area contributed by atoms with Crippen LogP contribution >= 0.6 is 0 Å². The molecule has 0 unspecified atom stereocenters. The van der Waals surface area contributed by atoms with Gasteiger partial charge in [-0.05, 0) is 37.8 Å². The number of carbonyl (C=O) groups is 1. The van der Waals surface area contributed by atoms with Crippen molar-refractivity contribution in [1.29, 1.82) is 0 Å². The van der Waals surface area contributed by atoms with Gasteiger partial charge >= 0.3 is 0 Å². The molecule has 1 amide bonds. The van der Waals surface area contributed by atoms with E-state index >= 15 is 0 Å². The van der Waals surface area contributed by atoms with E-state index in [1.807, 2.05) is 6.07 Å². The average Bonchev–Trinajstić information content (AvgIpc) is 2.79. The van der Waals surface area contributed by atoms with E-state index in [9.17, 15) is 4.79 Å². The Kier molecular flexibility index (Phi) is 8.22. The zero-order chi connectivity index (χ0) is 21.5. The molecule has 2 fully saturated rings. The van der Waals surface area contributed by atoms with Gasteiger partial charge in [-0.3, -0.25) is 4.79 Å². The Morgan fingerprint density at radius 1 is 1.00 bits per heavy atom. The summed E-state index contributed by atoms with van der Waals surface area (Å²) in [4.78, 5) is 18.0. The number of piperidine rings is 1. The molecule has 30 heavy (non-hydrogen) atoms. The van der Waals surface area contributed by atoms with Crippen LogP contribution in [0.4, 0.5) is 0 Å². The maximum absolute atomic E-state index is 12.9. The highest BCUT2D eigenvalue weighted by molar-refractivity contribution is 5.77. The van der Waals surface area contributed by atoms with Gasteiger partial charge in [0.2, 0.25) is 5.75 Å². The van der Waals surface area contributed by atoms with Crippen molar-refractivity contribution in [3.8, 4) is 17.2 Å². The van der Waals surface area contributed by atoms with Crippen molar-refractivity contribution in [1.82, 2.24) is 4.90 Å². The highest BCUT2D eigenvalue weighted by atomic mass is 16.5. The number of quaternary nitrogens is 2. The number of benzene rings is 1. The number of likely N-dealkylation sites (tertiary alicyclic amines) is 1. The second-order valence-corrected chi connectivity index (χ2v) is 8.49. The van der Waals surface area contributed by atoms with E-state index in [1.54, 1.807) is 21.3 Å². The van der Waals surface area contributed by atoms with E-state index in [0.717, 1.165) is 63.4 Å². The second kappa shape index (κ2) is 10.9. The van der Waals surface area contributed by atoms with Crippen LogP contribution < -0.4 is 24.0 Å². The molecule has 168 valence electrons. The lowest BCUT2D eigenvalue weighted by molar-refractivity contribution is -1.02. The maximum Gasteiger partial charge on any atom is 0.278 e. The Hall–Kier alpha value is -1.99. The molecule has 0 radical (unpaired) electrons. The number of hydrogen-bond acceptors (Lipinski definition) is 4. The quantitative estimate of drug-likeness (QED) is 0.610. The minimum absolute atomic E-state index is 0.349. The fourth-order valence-corrected chi connectivity index (χ4v) is 4.95. The van der Waals surface area contributed by atoms with Crippen molar-refractivity contribution in [2.24, 2.45) is 0 Å². The maximum atomic E-state index is 12.9. The van der Waals surface area contributed by atoms with Crippen LogP contribution in [0.2, 0.25) is 0 Å². The van der Waals surface area contributed by atoms with Crippen molar-refractivity contribution in [2.45, 2.75) is 45.2 Å². The first-order chi connectivity index (χ1) is 14.6. The first kappa shape index (κ1) is 22.7. The van der Waals surface area contributed by atoms with Crippen LogP contribution in [-0.2, 0) is 11.3 Å². The molecule has 1 aromatic carbocycles. The predicted octanol–water partition coefficient (Wildman–Crippen LogP) is -0.213. The lowest BCUT2D eigenvalue weighted by atomic mass is 10.00. The molecule has 0 bridgehead atoms. The Bertz CT molecular complexity index is 704. The third-order valence-corrected chi connectivity index (χ3v) is 6.71. The number of methoxy groups -OCH3 is 3. The first-order valence-corrected chi connectivity index (χ1v) is 11.4. The van der Waals surface area contributed by atoms with Crippen LogP contribution in [0.25, 0.3) is 0 Å². The van der Waals surface area contributed by atoms with Crippen molar-refractivity contribution in [2.75, 3.05) is 60.6 Å². The Balaban J connectivity index is 1.54. The van der Waals surface area contributed by atoms with E-state index in [2.05, 4.69) is 17.9 Å². The zero-order valence-electron chi connectivity index (χ0n) is 19.1. The predicted molar refractivity (Wildman–Crippen MR) is 116 cm³/mol. The summed E-state index contributed by atoms with van der Waals surface area (Å²) in [6.07, 6.45) is 4.66. The number of ether oxygens (including phenoxy) is 3. The van der Waals surface area contributed by atoms with Crippen LogP contribution in [0.15, 0.2) is 12.1 Å². The summed E-state index contributed by atoms with van der Waals surface area (Å²) in [5, 5.41) is 0. The molecule has 1 aromatic rings. The molecule has 2 aliphatic heterocycles. The Morgan fingerprint density at radius 2 is 1.70 bits per heavy atom. The minimum atomic E-state index is 0.349. The topological polar surface area (TPSA) is 56.9 Å². The fourth-order valence-electron chi connectivity index (χ4n) is 4.95. The normalized spacial score (nSPS) is 24.4. The fraction of sp³-hybridized carbons (Fsp3) is 0.696. The number of amides is 1. The number of hydrogen-bond donors (Lipinski definition) is 2. The van der Waals surface area contributed by atoms with Gasteiger partial charge in [0, 0.05) is 12.6 Å². The van der Waals surface area contributed by atoms with Gasteiger partial charge in [-0.25, -0.2) is 0 Å². The standard InChI is InChI=1S/C23H37N3O4/c1-5-19-8-6-7-11-26(19)21(27)17-25-14-12-24(13-15-25)16-18-9-10-20(28-2)23(30-4)22(18)29-3/h9-10,19H,5-8,11-17H2,1-4H3/p+2/t19-/m0/s1. The number of nitrogens with zero attached hydrogens (tertiary/aromatic N) is 1. The smallest absolute Gasteiger partial charge is 0.278 e. The van der Waals surface area contributed by atoms with Gasteiger partial charge in [-0.1, -0.05) is 6.92 Å². The summed E-state index contributed by atoms with van der Waals surface area (Å²) in [6.45, 7) is 8.84. The van der Waals surface area contributed by atoms with Crippen molar-refractivity contribution in [3.63, 3.8) is 0 Å². The first-order valence-electron chi connectivity index (χ1n) is 11.4. The van der Waals surface area contributed by atoms with Crippen LogP contribution in [0.1, 0.15) is 38.2 Å². The molecular weight excluding hydrogens is 382 g/mol. The summed E-state index contributed by atoms with van der Waals surface area (Å²) in [7, 11) is 4.95. The third-order valence-electron chi connectivity index (χ3n) is 6.71. The van der Waals surface area contributed by atoms with Gasteiger partial charge in [0.15, 0.2) is 18.0 Å². The molecule has 3 rings (SSSR count). The summed E-state index contributed by atoms with van der Waals surface area (Å²) in [5.41, 5.74) is 1.13. The molecule has 2 N–H and O–H groups in total. The van der Waals surface area contributed by atoms with Crippen LogP contribution in [-0.4, -0.2) is 77.4 Å². The largest absolute Gasteiger partial charge is 0.493 e.